The summed E-state index contributed by atoms with van der Waals surface area (Å²) in [6.45, 7) is 8.19. The van der Waals surface area contributed by atoms with E-state index >= 15 is 0 Å². The molecule has 0 bridgehead atoms. The first kappa shape index (κ1) is 14.0. The van der Waals surface area contributed by atoms with E-state index in [1.165, 1.54) is 12.8 Å². The van der Waals surface area contributed by atoms with Crippen molar-refractivity contribution in [3.63, 3.8) is 0 Å². The maximum absolute atomic E-state index is 11.5. The van der Waals surface area contributed by atoms with E-state index in [1.54, 1.807) is 12.2 Å². The van der Waals surface area contributed by atoms with Crippen molar-refractivity contribution in [3.8, 4) is 0 Å². The summed E-state index contributed by atoms with van der Waals surface area (Å²) in [5.74, 6) is -0.0220. The molecule has 0 radical (unpaired) electrons. The highest BCUT2D eigenvalue weighted by molar-refractivity contribution is 5.87. The van der Waals surface area contributed by atoms with Crippen LogP contribution in [0.5, 0.6) is 0 Å². The molecule has 1 atom stereocenters. The van der Waals surface area contributed by atoms with E-state index in [2.05, 4.69) is 24.5 Å². The Morgan fingerprint density at radius 2 is 2.24 bits per heavy atom. The fraction of sp³-hybridized carbons (Fsp3) is 0.643. The van der Waals surface area contributed by atoms with E-state index in [1.807, 2.05) is 19.1 Å². The SMILES string of the molecule is CC=CC=CC(=O)NCC1NCCCC1(C)C. The number of rotatable bonds is 4. The van der Waals surface area contributed by atoms with E-state index in [0.717, 1.165) is 6.54 Å². The van der Waals surface area contributed by atoms with Gasteiger partial charge in [-0.05, 0) is 31.7 Å². The molecule has 0 aromatic rings. The van der Waals surface area contributed by atoms with Crippen LogP contribution in [-0.2, 0) is 4.79 Å². The molecule has 96 valence electrons. The number of piperidine rings is 1. The average molecular weight is 236 g/mol. The molecule has 17 heavy (non-hydrogen) atoms. The fourth-order valence-electron chi connectivity index (χ4n) is 2.13. The molecular weight excluding hydrogens is 212 g/mol. The Bertz CT molecular complexity index is 305. The first-order valence-corrected chi connectivity index (χ1v) is 6.37. The number of amides is 1. The second kappa shape index (κ2) is 6.60. The molecule has 3 nitrogen and oxygen atoms in total. The number of nitrogens with one attached hydrogen (secondary N) is 2. The van der Waals surface area contributed by atoms with Gasteiger partial charge in [0, 0.05) is 18.7 Å². The molecule has 1 saturated heterocycles. The zero-order valence-corrected chi connectivity index (χ0v) is 11.1. The van der Waals surface area contributed by atoms with Gasteiger partial charge in [-0.2, -0.15) is 0 Å². The van der Waals surface area contributed by atoms with E-state index in [4.69, 9.17) is 0 Å². The highest BCUT2D eigenvalue weighted by Crippen LogP contribution is 2.29. The summed E-state index contributed by atoms with van der Waals surface area (Å²) in [7, 11) is 0. The molecule has 1 rings (SSSR count). The van der Waals surface area contributed by atoms with Crippen molar-refractivity contribution in [3.05, 3.63) is 24.3 Å². The minimum atomic E-state index is -0.0220. The summed E-state index contributed by atoms with van der Waals surface area (Å²) in [6, 6.07) is 0.371. The molecule has 1 amide bonds. The van der Waals surface area contributed by atoms with Crippen molar-refractivity contribution in [1.29, 1.82) is 0 Å². The van der Waals surface area contributed by atoms with Crippen LogP contribution < -0.4 is 10.6 Å². The van der Waals surface area contributed by atoms with Gasteiger partial charge in [-0.1, -0.05) is 32.1 Å². The smallest absolute Gasteiger partial charge is 0.244 e. The van der Waals surface area contributed by atoms with Gasteiger partial charge >= 0.3 is 0 Å². The van der Waals surface area contributed by atoms with Crippen molar-refractivity contribution in [2.45, 2.75) is 39.7 Å². The first-order valence-electron chi connectivity index (χ1n) is 6.37. The summed E-state index contributed by atoms with van der Waals surface area (Å²) in [5, 5.41) is 6.42. The standard InChI is InChI=1S/C14H24N2O/c1-4-5-6-8-13(17)16-11-12-14(2,3)9-7-10-15-12/h4-6,8,12,15H,7,9-11H2,1-3H3,(H,16,17). The number of hydrogen-bond donors (Lipinski definition) is 2. The largest absolute Gasteiger partial charge is 0.351 e. The molecule has 1 aliphatic heterocycles. The highest BCUT2D eigenvalue weighted by Gasteiger charge is 2.31. The van der Waals surface area contributed by atoms with Gasteiger partial charge in [0.1, 0.15) is 0 Å². The lowest BCUT2D eigenvalue weighted by molar-refractivity contribution is -0.116. The van der Waals surface area contributed by atoms with Gasteiger partial charge in [0.15, 0.2) is 0 Å². The molecule has 0 spiro atoms. The number of carbonyl (C=O) groups excluding carboxylic acids is 1. The van der Waals surface area contributed by atoms with E-state index in [9.17, 15) is 4.79 Å². The lowest BCUT2D eigenvalue weighted by Crippen LogP contribution is -2.52. The van der Waals surface area contributed by atoms with Crippen molar-refractivity contribution < 1.29 is 4.79 Å². The zero-order valence-electron chi connectivity index (χ0n) is 11.1. The van der Waals surface area contributed by atoms with Gasteiger partial charge in [-0.3, -0.25) is 4.79 Å². The number of allylic oxidation sites excluding steroid dienone is 3. The molecule has 0 saturated carbocycles. The molecule has 0 aromatic heterocycles. The van der Waals surface area contributed by atoms with Gasteiger partial charge in [0.05, 0.1) is 0 Å². The lowest BCUT2D eigenvalue weighted by atomic mass is 9.77. The van der Waals surface area contributed by atoms with Crippen molar-refractivity contribution >= 4 is 5.91 Å². The van der Waals surface area contributed by atoms with Crippen LogP contribution in [0.3, 0.4) is 0 Å². The molecule has 3 heteroatoms. The molecule has 0 aliphatic carbocycles. The number of carbonyl (C=O) groups is 1. The normalized spacial score (nSPS) is 24.3. The predicted molar refractivity (Wildman–Crippen MR) is 71.8 cm³/mol. The highest BCUT2D eigenvalue weighted by atomic mass is 16.1. The summed E-state index contributed by atoms with van der Waals surface area (Å²) in [6.07, 6.45) is 9.51. The van der Waals surface area contributed by atoms with Crippen molar-refractivity contribution in [2.75, 3.05) is 13.1 Å². The van der Waals surface area contributed by atoms with Crippen molar-refractivity contribution in [1.82, 2.24) is 10.6 Å². The molecule has 1 fully saturated rings. The molecule has 1 unspecified atom stereocenters. The van der Waals surface area contributed by atoms with Crippen LogP contribution >= 0.6 is 0 Å². The average Bonchev–Trinajstić information content (AvgIpc) is 2.27. The third-order valence-corrected chi connectivity index (χ3v) is 3.36. The minimum absolute atomic E-state index is 0.0220. The zero-order chi connectivity index (χ0) is 12.7. The topological polar surface area (TPSA) is 41.1 Å². The molecule has 1 heterocycles. The lowest BCUT2D eigenvalue weighted by Gasteiger charge is -2.39. The Morgan fingerprint density at radius 3 is 2.88 bits per heavy atom. The molecule has 0 aromatic carbocycles. The van der Waals surface area contributed by atoms with Crippen LogP contribution in [0.15, 0.2) is 24.3 Å². The minimum Gasteiger partial charge on any atom is -0.351 e. The van der Waals surface area contributed by atoms with E-state index in [0.29, 0.717) is 12.6 Å². The second-order valence-corrected chi connectivity index (χ2v) is 5.23. The Morgan fingerprint density at radius 1 is 1.47 bits per heavy atom. The fourth-order valence-corrected chi connectivity index (χ4v) is 2.13. The summed E-state index contributed by atoms with van der Waals surface area (Å²) in [5.41, 5.74) is 0.262. The summed E-state index contributed by atoms with van der Waals surface area (Å²) < 4.78 is 0. The van der Waals surface area contributed by atoms with Gasteiger partial charge in [-0.15, -0.1) is 0 Å². The molecular formula is C14H24N2O. The van der Waals surface area contributed by atoms with Gasteiger partial charge < -0.3 is 10.6 Å². The first-order chi connectivity index (χ1) is 8.06. The summed E-state index contributed by atoms with van der Waals surface area (Å²) in [4.78, 5) is 11.5. The Labute approximate surface area is 104 Å². The van der Waals surface area contributed by atoms with Crippen LogP contribution in [0.2, 0.25) is 0 Å². The van der Waals surface area contributed by atoms with Gasteiger partial charge in [0.25, 0.3) is 0 Å². The van der Waals surface area contributed by atoms with Crippen molar-refractivity contribution in [2.24, 2.45) is 5.41 Å². The van der Waals surface area contributed by atoms with Crippen LogP contribution in [0.1, 0.15) is 33.6 Å². The molecule has 1 aliphatic rings. The number of hydrogen-bond acceptors (Lipinski definition) is 2. The van der Waals surface area contributed by atoms with Gasteiger partial charge in [0.2, 0.25) is 5.91 Å². The molecule has 2 N–H and O–H groups in total. The third-order valence-electron chi connectivity index (χ3n) is 3.36. The monoisotopic (exact) mass is 236 g/mol. The summed E-state index contributed by atoms with van der Waals surface area (Å²) >= 11 is 0. The Hall–Kier alpha value is -1.09. The second-order valence-electron chi connectivity index (χ2n) is 5.23. The van der Waals surface area contributed by atoms with Crippen LogP contribution in [-0.4, -0.2) is 25.0 Å². The van der Waals surface area contributed by atoms with Crippen LogP contribution in [0, 0.1) is 5.41 Å². The van der Waals surface area contributed by atoms with Crippen LogP contribution in [0.25, 0.3) is 0 Å². The third kappa shape index (κ3) is 4.73. The Kier molecular flexibility index (Phi) is 5.42. The van der Waals surface area contributed by atoms with E-state index < -0.39 is 0 Å². The maximum atomic E-state index is 11.5. The quantitative estimate of drug-likeness (QED) is 0.579. The van der Waals surface area contributed by atoms with Crippen LogP contribution in [0.4, 0.5) is 0 Å². The predicted octanol–water partition coefficient (Wildman–Crippen LogP) is 2.01. The maximum Gasteiger partial charge on any atom is 0.244 e. The Balaban J connectivity index is 2.36. The van der Waals surface area contributed by atoms with Gasteiger partial charge in [-0.25, -0.2) is 0 Å². The van der Waals surface area contributed by atoms with E-state index in [-0.39, 0.29) is 11.3 Å².